The SMILES string of the molecule is Nc1[nH]c(=O)c(C(=O)O)c(-c2cc(Br)ccc2OCC2OCCO2)c1C(=O)O. The van der Waals surface area contributed by atoms with Crippen molar-refractivity contribution in [1.29, 1.82) is 0 Å². The van der Waals surface area contributed by atoms with Crippen molar-refractivity contribution in [3.8, 4) is 16.9 Å². The minimum Gasteiger partial charge on any atom is -0.488 e. The molecule has 2 aromatic rings. The van der Waals surface area contributed by atoms with Crippen LogP contribution in [0.5, 0.6) is 5.75 Å². The van der Waals surface area contributed by atoms with E-state index in [9.17, 15) is 24.6 Å². The Balaban J connectivity index is 2.22. The standard InChI is InChI=1S/C17H15BrN2O8/c18-7-1-2-9(28-6-10-26-3-4-27-10)8(5-7)11-12(16(22)23)14(19)20-15(21)13(11)17(24)25/h1-2,5,10H,3-4,6H2,(H,22,23)(H,24,25)(H3,19,20,21). The first kappa shape index (κ1) is 19.9. The summed E-state index contributed by atoms with van der Waals surface area (Å²) in [5, 5.41) is 19.1. The van der Waals surface area contributed by atoms with Gasteiger partial charge >= 0.3 is 11.9 Å². The highest BCUT2D eigenvalue weighted by Crippen LogP contribution is 2.37. The third kappa shape index (κ3) is 3.86. The van der Waals surface area contributed by atoms with E-state index in [2.05, 4.69) is 20.9 Å². The molecule has 2 heterocycles. The van der Waals surface area contributed by atoms with Gasteiger partial charge in [0.2, 0.25) is 0 Å². The van der Waals surface area contributed by atoms with Crippen LogP contribution in [-0.4, -0.2) is 53.2 Å². The van der Waals surface area contributed by atoms with Crippen LogP contribution in [0.2, 0.25) is 0 Å². The lowest BCUT2D eigenvalue weighted by Gasteiger charge is -2.18. The van der Waals surface area contributed by atoms with E-state index in [-0.39, 0.29) is 23.5 Å². The van der Waals surface area contributed by atoms with Crippen LogP contribution >= 0.6 is 15.9 Å². The van der Waals surface area contributed by atoms with Crippen LogP contribution in [0.15, 0.2) is 27.5 Å². The third-order valence-electron chi connectivity index (χ3n) is 3.95. The monoisotopic (exact) mass is 454 g/mol. The van der Waals surface area contributed by atoms with E-state index in [1.165, 1.54) is 12.1 Å². The van der Waals surface area contributed by atoms with Gasteiger partial charge in [-0.1, -0.05) is 15.9 Å². The number of aromatic nitrogens is 1. The average Bonchev–Trinajstić information content (AvgIpc) is 3.12. The lowest BCUT2D eigenvalue weighted by molar-refractivity contribution is -0.0683. The van der Waals surface area contributed by atoms with Gasteiger partial charge in [0.05, 0.1) is 13.2 Å². The van der Waals surface area contributed by atoms with Crippen molar-refractivity contribution >= 4 is 33.7 Å². The fourth-order valence-corrected chi connectivity index (χ4v) is 3.16. The number of hydrogen-bond donors (Lipinski definition) is 4. The van der Waals surface area contributed by atoms with Crippen molar-refractivity contribution in [2.24, 2.45) is 0 Å². The molecule has 0 bridgehead atoms. The van der Waals surface area contributed by atoms with E-state index in [1.54, 1.807) is 6.07 Å². The van der Waals surface area contributed by atoms with E-state index >= 15 is 0 Å². The summed E-state index contributed by atoms with van der Waals surface area (Å²) in [4.78, 5) is 37.8. The number of carboxylic acids is 2. The normalized spacial score (nSPS) is 14.2. The van der Waals surface area contributed by atoms with Crippen molar-refractivity contribution in [3.63, 3.8) is 0 Å². The molecule has 1 aromatic heterocycles. The Morgan fingerprint density at radius 3 is 2.46 bits per heavy atom. The van der Waals surface area contributed by atoms with Gasteiger partial charge in [-0.25, -0.2) is 9.59 Å². The largest absolute Gasteiger partial charge is 0.488 e. The number of ether oxygens (including phenoxy) is 3. The highest BCUT2D eigenvalue weighted by molar-refractivity contribution is 9.10. The van der Waals surface area contributed by atoms with Gasteiger partial charge in [-0.15, -0.1) is 0 Å². The molecule has 0 amide bonds. The molecular weight excluding hydrogens is 440 g/mol. The smallest absolute Gasteiger partial charge is 0.342 e. The number of benzene rings is 1. The van der Waals surface area contributed by atoms with Gasteiger partial charge < -0.3 is 35.1 Å². The molecule has 1 aliphatic rings. The lowest BCUT2D eigenvalue weighted by Crippen LogP contribution is -2.24. The molecule has 3 rings (SSSR count). The summed E-state index contributed by atoms with van der Waals surface area (Å²) in [7, 11) is 0. The summed E-state index contributed by atoms with van der Waals surface area (Å²) in [5.41, 5.74) is 3.04. The fourth-order valence-electron chi connectivity index (χ4n) is 2.80. The zero-order valence-electron chi connectivity index (χ0n) is 14.2. The van der Waals surface area contributed by atoms with Gasteiger partial charge in [0, 0.05) is 15.6 Å². The van der Waals surface area contributed by atoms with Crippen LogP contribution in [0.25, 0.3) is 11.1 Å². The van der Waals surface area contributed by atoms with Gasteiger partial charge in [0.15, 0.2) is 6.29 Å². The van der Waals surface area contributed by atoms with E-state index in [1.807, 2.05) is 0 Å². The van der Waals surface area contributed by atoms with Gasteiger partial charge in [-0.05, 0) is 18.2 Å². The summed E-state index contributed by atoms with van der Waals surface area (Å²) in [6, 6.07) is 4.56. The number of hydrogen-bond acceptors (Lipinski definition) is 7. The molecule has 1 fully saturated rings. The van der Waals surface area contributed by atoms with Crippen LogP contribution in [0.4, 0.5) is 5.82 Å². The number of nitrogen functional groups attached to an aromatic ring is 1. The van der Waals surface area contributed by atoms with E-state index in [4.69, 9.17) is 19.9 Å². The topological polar surface area (TPSA) is 161 Å². The van der Waals surface area contributed by atoms with E-state index in [0.717, 1.165) is 0 Å². The Kier molecular flexibility index (Phi) is 5.68. The van der Waals surface area contributed by atoms with E-state index in [0.29, 0.717) is 17.7 Å². The zero-order chi connectivity index (χ0) is 20.4. The molecule has 28 heavy (non-hydrogen) atoms. The molecule has 0 aliphatic carbocycles. The second-order valence-electron chi connectivity index (χ2n) is 5.73. The number of nitrogens with one attached hydrogen (secondary N) is 1. The molecule has 1 aromatic carbocycles. The summed E-state index contributed by atoms with van der Waals surface area (Å²) in [6.07, 6.45) is -0.612. The summed E-state index contributed by atoms with van der Waals surface area (Å²) < 4.78 is 16.8. The van der Waals surface area contributed by atoms with Crippen molar-refractivity contribution < 1.29 is 34.0 Å². The number of carbonyl (C=O) groups is 2. The Bertz CT molecular complexity index is 997. The molecule has 0 saturated carbocycles. The molecule has 0 unspecified atom stereocenters. The number of rotatable bonds is 6. The maximum atomic E-state index is 12.2. The minimum atomic E-state index is -1.60. The first-order chi connectivity index (χ1) is 13.3. The number of anilines is 1. The Morgan fingerprint density at radius 1 is 1.21 bits per heavy atom. The lowest BCUT2D eigenvalue weighted by atomic mass is 9.94. The van der Waals surface area contributed by atoms with Crippen LogP contribution in [-0.2, 0) is 9.47 Å². The number of halogens is 1. The van der Waals surface area contributed by atoms with Crippen molar-refractivity contribution in [2.45, 2.75) is 6.29 Å². The second kappa shape index (κ2) is 8.00. The van der Waals surface area contributed by atoms with Gasteiger partial charge in [0.25, 0.3) is 5.56 Å². The average molecular weight is 455 g/mol. The predicted molar refractivity (Wildman–Crippen MR) is 99.7 cm³/mol. The Labute approximate surface area is 166 Å². The molecule has 148 valence electrons. The quantitative estimate of drug-likeness (QED) is 0.506. The molecule has 5 N–H and O–H groups in total. The highest BCUT2D eigenvalue weighted by Gasteiger charge is 2.29. The van der Waals surface area contributed by atoms with Crippen LogP contribution in [0.3, 0.4) is 0 Å². The molecule has 11 heteroatoms. The maximum Gasteiger partial charge on any atom is 0.342 e. The van der Waals surface area contributed by atoms with Gasteiger partial charge in [-0.2, -0.15) is 0 Å². The number of aromatic amines is 1. The number of carboxylic acid groups (broad SMARTS) is 2. The molecule has 0 spiro atoms. The molecule has 0 radical (unpaired) electrons. The van der Waals surface area contributed by atoms with Crippen LogP contribution < -0.4 is 16.0 Å². The predicted octanol–water partition coefficient (Wildman–Crippen LogP) is 1.53. The number of pyridine rings is 1. The fraction of sp³-hybridized carbons (Fsp3) is 0.235. The van der Waals surface area contributed by atoms with Crippen LogP contribution in [0, 0.1) is 0 Å². The van der Waals surface area contributed by atoms with Crippen molar-refractivity contribution in [1.82, 2.24) is 4.98 Å². The molecule has 1 saturated heterocycles. The molecule has 0 atom stereocenters. The zero-order valence-corrected chi connectivity index (χ0v) is 15.8. The highest BCUT2D eigenvalue weighted by atomic mass is 79.9. The Morgan fingerprint density at radius 2 is 1.86 bits per heavy atom. The van der Waals surface area contributed by atoms with Gasteiger partial charge in [0.1, 0.15) is 29.3 Å². The number of H-pyrrole nitrogens is 1. The summed E-state index contributed by atoms with van der Waals surface area (Å²) in [5.74, 6) is -3.44. The second-order valence-corrected chi connectivity index (χ2v) is 6.64. The minimum absolute atomic E-state index is 0.0158. The first-order valence-corrected chi connectivity index (χ1v) is 8.77. The summed E-state index contributed by atoms with van der Waals surface area (Å²) >= 11 is 3.25. The van der Waals surface area contributed by atoms with Crippen molar-refractivity contribution in [2.75, 3.05) is 25.6 Å². The van der Waals surface area contributed by atoms with Crippen molar-refractivity contribution in [3.05, 3.63) is 44.2 Å². The van der Waals surface area contributed by atoms with Gasteiger partial charge in [-0.3, -0.25) is 4.79 Å². The van der Waals surface area contributed by atoms with Crippen LogP contribution in [0.1, 0.15) is 20.7 Å². The Hall–Kier alpha value is -2.89. The molecule has 1 aliphatic heterocycles. The maximum absolute atomic E-state index is 12.2. The van der Waals surface area contributed by atoms with E-state index < -0.39 is 40.7 Å². The molecule has 10 nitrogen and oxygen atoms in total. The number of nitrogens with two attached hydrogens (primary N) is 1. The third-order valence-corrected chi connectivity index (χ3v) is 4.44. The summed E-state index contributed by atoms with van der Waals surface area (Å²) in [6.45, 7) is 0.814. The molecular formula is C17H15BrN2O8. The first-order valence-electron chi connectivity index (χ1n) is 7.98. The number of aromatic carboxylic acids is 2.